The maximum atomic E-state index is 10.8. The molecule has 0 saturated carbocycles. The first-order valence-corrected chi connectivity index (χ1v) is 5.35. The van der Waals surface area contributed by atoms with Gasteiger partial charge in [-0.05, 0) is 11.6 Å². The van der Waals surface area contributed by atoms with Crippen molar-refractivity contribution in [3.8, 4) is 0 Å². The van der Waals surface area contributed by atoms with E-state index in [1.807, 2.05) is 24.3 Å². The molecule has 0 spiro atoms. The Morgan fingerprint density at radius 3 is 2.81 bits per heavy atom. The number of rotatable bonds is 3. The molecule has 2 rings (SSSR count). The summed E-state index contributed by atoms with van der Waals surface area (Å²) >= 11 is 4.27. The molecule has 0 aliphatic rings. The van der Waals surface area contributed by atoms with E-state index in [2.05, 4.69) is 17.6 Å². The van der Waals surface area contributed by atoms with Crippen LogP contribution in [0.1, 0.15) is 10.8 Å². The monoisotopic (exact) mass is 236 g/mol. The van der Waals surface area contributed by atoms with Crippen LogP contribution in [0, 0.1) is 0 Å². The van der Waals surface area contributed by atoms with E-state index in [-0.39, 0.29) is 0 Å². The maximum absolute atomic E-state index is 10.8. The van der Waals surface area contributed by atoms with E-state index in [4.69, 9.17) is 10.8 Å². The molecular weight excluding hydrogens is 224 g/mol. The van der Waals surface area contributed by atoms with E-state index in [1.165, 1.54) is 0 Å². The Hall–Kier alpha value is -1.46. The second-order valence-electron chi connectivity index (χ2n) is 3.60. The molecule has 2 atom stereocenters. The number of nitrogens with one attached hydrogen (secondary N) is 1. The minimum absolute atomic E-state index is 0.520. The van der Waals surface area contributed by atoms with Gasteiger partial charge in [0.15, 0.2) is 0 Å². The van der Waals surface area contributed by atoms with Gasteiger partial charge in [-0.2, -0.15) is 12.6 Å². The number of carbonyl (C=O) groups is 1. The van der Waals surface area contributed by atoms with Crippen molar-refractivity contribution in [2.45, 2.75) is 11.3 Å². The molecule has 4 N–H and O–H groups in total. The molecule has 0 aliphatic heterocycles. The molecule has 16 heavy (non-hydrogen) atoms. The smallest absolute Gasteiger partial charge is 0.321 e. The predicted octanol–water partition coefficient (Wildman–Crippen LogP) is 1.55. The molecule has 0 fully saturated rings. The number of para-hydroxylation sites is 1. The normalized spacial score (nSPS) is 14.9. The molecule has 1 heterocycles. The van der Waals surface area contributed by atoms with Crippen LogP contribution < -0.4 is 5.73 Å². The fourth-order valence-corrected chi connectivity index (χ4v) is 2.01. The summed E-state index contributed by atoms with van der Waals surface area (Å²) in [5, 5.41) is 9.28. The summed E-state index contributed by atoms with van der Waals surface area (Å²) in [7, 11) is 0. The Kier molecular flexibility index (Phi) is 2.89. The lowest BCUT2D eigenvalue weighted by molar-refractivity contribution is -0.138. The van der Waals surface area contributed by atoms with Crippen LogP contribution in [0.4, 0.5) is 0 Å². The number of aromatic nitrogens is 1. The molecule has 1 unspecified atom stereocenters. The number of carboxylic acids is 1. The average Bonchev–Trinajstić information content (AvgIpc) is 2.70. The third kappa shape index (κ3) is 1.79. The SMILES string of the molecule is N[C@H](C(=O)O)C(S)c1c[nH]c2ccccc12. The highest BCUT2D eigenvalue weighted by Gasteiger charge is 2.24. The topological polar surface area (TPSA) is 79.1 Å². The van der Waals surface area contributed by atoms with Crippen molar-refractivity contribution >= 4 is 29.5 Å². The van der Waals surface area contributed by atoms with Gasteiger partial charge in [-0.3, -0.25) is 4.79 Å². The average molecular weight is 236 g/mol. The maximum Gasteiger partial charge on any atom is 0.321 e. The Morgan fingerprint density at radius 2 is 2.12 bits per heavy atom. The summed E-state index contributed by atoms with van der Waals surface area (Å²) in [6.07, 6.45) is 1.76. The lowest BCUT2D eigenvalue weighted by Gasteiger charge is -2.14. The van der Waals surface area contributed by atoms with Crippen molar-refractivity contribution in [1.29, 1.82) is 0 Å². The molecule has 84 valence electrons. The molecule has 4 nitrogen and oxygen atoms in total. The number of aliphatic carboxylic acids is 1. The van der Waals surface area contributed by atoms with Crippen LogP contribution in [0.25, 0.3) is 10.9 Å². The molecule has 0 radical (unpaired) electrons. The van der Waals surface area contributed by atoms with Gasteiger partial charge in [0.1, 0.15) is 6.04 Å². The lowest BCUT2D eigenvalue weighted by atomic mass is 10.1. The minimum atomic E-state index is -1.05. The number of fused-ring (bicyclic) bond motifs is 1. The standard InChI is InChI=1S/C11H12N2O2S/c12-9(11(14)15)10(16)7-5-13-8-4-2-1-3-6(7)8/h1-5,9-10,13,16H,12H2,(H,14,15)/t9-,10?/m0/s1. The van der Waals surface area contributed by atoms with Crippen molar-refractivity contribution in [3.05, 3.63) is 36.0 Å². The summed E-state index contributed by atoms with van der Waals surface area (Å²) in [5.41, 5.74) is 7.32. The fraction of sp³-hybridized carbons (Fsp3) is 0.182. The molecule has 1 aromatic carbocycles. The highest BCUT2D eigenvalue weighted by atomic mass is 32.1. The second kappa shape index (κ2) is 4.19. The zero-order chi connectivity index (χ0) is 11.7. The summed E-state index contributed by atoms with van der Waals surface area (Å²) in [5.74, 6) is -1.05. The number of hydrogen-bond acceptors (Lipinski definition) is 3. The van der Waals surface area contributed by atoms with Crippen molar-refractivity contribution in [3.63, 3.8) is 0 Å². The third-order valence-corrected chi connectivity index (χ3v) is 3.16. The molecule has 2 aromatic rings. The Labute approximate surface area is 97.9 Å². The second-order valence-corrected chi connectivity index (χ2v) is 4.15. The Balaban J connectivity index is 2.44. The number of H-pyrrole nitrogens is 1. The highest BCUT2D eigenvalue weighted by Crippen LogP contribution is 2.29. The van der Waals surface area contributed by atoms with Crippen molar-refractivity contribution in [1.82, 2.24) is 4.98 Å². The van der Waals surface area contributed by atoms with E-state index in [0.29, 0.717) is 0 Å². The van der Waals surface area contributed by atoms with Gasteiger partial charge < -0.3 is 15.8 Å². The van der Waals surface area contributed by atoms with E-state index < -0.39 is 17.3 Å². The van der Waals surface area contributed by atoms with Gasteiger partial charge >= 0.3 is 5.97 Å². The van der Waals surface area contributed by atoms with Crippen LogP contribution in [-0.2, 0) is 4.79 Å². The largest absolute Gasteiger partial charge is 0.480 e. The van der Waals surface area contributed by atoms with Crippen LogP contribution in [0.2, 0.25) is 0 Å². The van der Waals surface area contributed by atoms with Crippen LogP contribution >= 0.6 is 12.6 Å². The Bertz CT molecular complexity index is 523. The zero-order valence-electron chi connectivity index (χ0n) is 8.42. The van der Waals surface area contributed by atoms with E-state index in [1.54, 1.807) is 6.20 Å². The van der Waals surface area contributed by atoms with Crippen LogP contribution in [0.5, 0.6) is 0 Å². The molecule has 0 bridgehead atoms. The molecule has 0 amide bonds. The summed E-state index contributed by atoms with van der Waals surface area (Å²) in [4.78, 5) is 13.9. The number of benzene rings is 1. The van der Waals surface area contributed by atoms with Gasteiger partial charge in [0.25, 0.3) is 0 Å². The lowest BCUT2D eigenvalue weighted by Crippen LogP contribution is -2.34. The van der Waals surface area contributed by atoms with Gasteiger partial charge in [-0.25, -0.2) is 0 Å². The molecular formula is C11H12N2O2S. The van der Waals surface area contributed by atoms with Crippen molar-refractivity contribution < 1.29 is 9.90 Å². The third-order valence-electron chi connectivity index (χ3n) is 2.57. The summed E-state index contributed by atoms with van der Waals surface area (Å²) in [6.45, 7) is 0. The van der Waals surface area contributed by atoms with E-state index in [0.717, 1.165) is 16.5 Å². The predicted molar refractivity (Wildman–Crippen MR) is 65.6 cm³/mol. The molecule has 0 aliphatic carbocycles. The van der Waals surface area contributed by atoms with Crippen molar-refractivity contribution in [2.75, 3.05) is 0 Å². The summed E-state index contributed by atoms with van der Waals surface area (Å²) < 4.78 is 0. The first kappa shape index (κ1) is 11.0. The first-order chi connectivity index (χ1) is 7.61. The minimum Gasteiger partial charge on any atom is -0.480 e. The number of hydrogen-bond donors (Lipinski definition) is 4. The van der Waals surface area contributed by atoms with Gasteiger partial charge in [-0.1, -0.05) is 18.2 Å². The first-order valence-electron chi connectivity index (χ1n) is 4.83. The van der Waals surface area contributed by atoms with E-state index >= 15 is 0 Å². The molecule has 5 heteroatoms. The van der Waals surface area contributed by atoms with E-state index in [9.17, 15) is 4.79 Å². The molecule has 0 saturated heterocycles. The fourth-order valence-electron chi connectivity index (χ4n) is 1.67. The quantitative estimate of drug-likeness (QED) is 0.610. The zero-order valence-corrected chi connectivity index (χ0v) is 9.32. The van der Waals surface area contributed by atoms with Crippen LogP contribution in [0.3, 0.4) is 0 Å². The van der Waals surface area contributed by atoms with Crippen LogP contribution in [0.15, 0.2) is 30.5 Å². The number of thiol groups is 1. The number of aromatic amines is 1. The molecule has 1 aromatic heterocycles. The van der Waals surface area contributed by atoms with Gasteiger partial charge in [0, 0.05) is 17.1 Å². The van der Waals surface area contributed by atoms with Crippen LogP contribution in [-0.4, -0.2) is 22.1 Å². The Morgan fingerprint density at radius 1 is 1.44 bits per heavy atom. The van der Waals surface area contributed by atoms with Gasteiger partial charge in [0.05, 0.1) is 5.25 Å². The number of carboxylic acid groups (broad SMARTS) is 1. The number of nitrogens with two attached hydrogens (primary N) is 1. The van der Waals surface area contributed by atoms with Gasteiger partial charge in [0.2, 0.25) is 0 Å². The van der Waals surface area contributed by atoms with Crippen molar-refractivity contribution in [2.24, 2.45) is 5.73 Å². The summed E-state index contributed by atoms with van der Waals surface area (Å²) in [6, 6.07) is 6.63. The van der Waals surface area contributed by atoms with Gasteiger partial charge in [-0.15, -0.1) is 0 Å². The highest BCUT2D eigenvalue weighted by molar-refractivity contribution is 7.80.